The van der Waals surface area contributed by atoms with Crippen LogP contribution in [0.3, 0.4) is 0 Å². The molecular weight excluding hydrogens is 316 g/mol. The second-order valence-corrected chi connectivity index (χ2v) is 6.69. The molecule has 6 heteroatoms. The third kappa shape index (κ3) is 3.39. The lowest BCUT2D eigenvalue weighted by Gasteiger charge is -2.25. The molecule has 2 amide bonds. The van der Waals surface area contributed by atoms with Gasteiger partial charge in [0.2, 0.25) is 0 Å². The molecular formula is C19H24N4O2. The molecule has 2 aliphatic rings. The summed E-state index contributed by atoms with van der Waals surface area (Å²) in [7, 11) is 0. The zero-order valence-corrected chi connectivity index (χ0v) is 14.3. The van der Waals surface area contributed by atoms with E-state index in [0.29, 0.717) is 13.2 Å². The van der Waals surface area contributed by atoms with E-state index in [0.717, 1.165) is 55.8 Å². The van der Waals surface area contributed by atoms with Crippen molar-refractivity contribution in [3.05, 3.63) is 52.8 Å². The summed E-state index contributed by atoms with van der Waals surface area (Å²) >= 11 is 0. The smallest absolute Gasteiger partial charge is 0.317 e. The average molecular weight is 340 g/mol. The molecule has 0 radical (unpaired) electrons. The highest BCUT2D eigenvalue weighted by Crippen LogP contribution is 2.34. The highest BCUT2D eigenvalue weighted by atomic mass is 16.5. The highest BCUT2D eigenvalue weighted by molar-refractivity contribution is 5.75. The first-order valence-electron chi connectivity index (χ1n) is 9.05. The number of ether oxygens (including phenoxy) is 1. The number of rotatable bonds is 4. The molecule has 1 fully saturated rings. The summed E-state index contributed by atoms with van der Waals surface area (Å²) in [6.45, 7) is 2.77. The molecule has 1 saturated heterocycles. The molecule has 2 N–H and O–H groups in total. The number of amides is 2. The lowest BCUT2D eigenvalue weighted by Crippen LogP contribution is -2.40. The van der Waals surface area contributed by atoms with E-state index < -0.39 is 0 Å². The fraction of sp³-hybridized carbons (Fsp3) is 0.474. The number of hydrogen-bond donors (Lipinski definition) is 2. The predicted molar refractivity (Wildman–Crippen MR) is 94.2 cm³/mol. The molecule has 2 aliphatic heterocycles. The maximum Gasteiger partial charge on any atom is 0.317 e. The maximum absolute atomic E-state index is 12.7. The normalized spacial score (nSPS) is 19.7. The number of aromatic amines is 1. The van der Waals surface area contributed by atoms with Crippen molar-refractivity contribution in [2.45, 2.75) is 38.3 Å². The van der Waals surface area contributed by atoms with Crippen molar-refractivity contribution in [3.63, 3.8) is 0 Å². The Morgan fingerprint density at radius 1 is 1.36 bits per heavy atom. The molecule has 0 saturated carbocycles. The average Bonchev–Trinajstić information content (AvgIpc) is 3.29. The van der Waals surface area contributed by atoms with Gasteiger partial charge in [0.1, 0.15) is 0 Å². The number of nitrogens with zero attached hydrogens (tertiary/aromatic N) is 2. The summed E-state index contributed by atoms with van der Waals surface area (Å²) in [5, 5.41) is 10.7. The monoisotopic (exact) mass is 340 g/mol. The van der Waals surface area contributed by atoms with Gasteiger partial charge in [-0.05, 0) is 24.8 Å². The van der Waals surface area contributed by atoms with Crippen LogP contribution in [0.25, 0.3) is 0 Å². The summed E-state index contributed by atoms with van der Waals surface area (Å²) < 4.78 is 5.59. The van der Waals surface area contributed by atoms with E-state index in [4.69, 9.17) is 4.74 Å². The second kappa shape index (κ2) is 7.27. The molecule has 6 nitrogen and oxygen atoms in total. The number of hydrogen-bond acceptors (Lipinski definition) is 3. The van der Waals surface area contributed by atoms with Crippen LogP contribution in [0.2, 0.25) is 0 Å². The molecule has 4 rings (SSSR count). The molecule has 1 aromatic carbocycles. The number of carbonyl (C=O) groups excluding carboxylic acids is 1. The molecule has 1 aromatic heterocycles. The van der Waals surface area contributed by atoms with Crippen LogP contribution in [-0.4, -0.2) is 40.8 Å². The minimum Gasteiger partial charge on any atom is -0.376 e. The molecule has 0 aliphatic carbocycles. The van der Waals surface area contributed by atoms with Crippen molar-refractivity contribution in [1.82, 2.24) is 20.4 Å². The number of nitrogens with one attached hydrogen (secondary N) is 2. The molecule has 1 atom stereocenters. The quantitative estimate of drug-likeness (QED) is 0.899. The first kappa shape index (κ1) is 16.1. The van der Waals surface area contributed by atoms with Gasteiger partial charge in [0, 0.05) is 30.8 Å². The SMILES string of the molecule is O=C(NCCc1ccccc1)N1CCCC1c1n[nH]c2c1COCC2. The third-order valence-electron chi connectivity index (χ3n) is 5.09. The Kier molecular flexibility index (Phi) is 4.70. The Morgan fingerprint density at radius 3 is 3.12 bits per heavy atom. The number of urea groups is 1. The zero-order chi connectivity index (χ0) is 17.1. The fourth-order valence-electron chi connectivity index (χ4n) is 3.76. The Labute approximate surface area is 147 Å². The zero-order valence-electron chi connectivity index (χ0n) is 14.3. The van der Waals surface area contributed by atoms with Gasteiger partial charge < -0.3 is 15.0 Å². The Hall–Kier alpha value is -2.34. The van der Waals surface area contributed by atoms with Crippen molar-refractivity contribution in [1.29, 1.82) is 0 Å². The summed E-state index contributed by atoms with van der Waals surface area (Å²) in [6, 6.07) is 10.3. The molecule has 0 spiro atoms. The largest absolute Gasteiger partial charge is 0.376 e. The predicted octanol–water partition coefficient (Wildman–Crippen LogP) is 2.57. The van der Waals surface area contributed by atoms with Crippen LogP contribution in [0.1, 0.15) is 41.4 Å². The van der Waals surface area contributed by atoms with Crippen LogP contribution in [0.5, 0.6) is 0 Å². The van der Waals surface area contributed by atoms with Gasteiger partial charge in [0.25, 0.3) is 0 Å². The highest BCUT2D eigenvalue weighted by Gasteiger charge is 2.34. The van der Waals surface area contributed by atoms with Crippen LogP contribution in [0, 0.1) is 0 Å². The summed E-state index contributed by atoms with van der Waals surface area (Å²) in [4.78, 5) is 14.6. The molecule has 132 valence electrons. The Bertz CT molecular complexity index is 728. The minimum atomic E-state index is 0.00640. The van der Waals surface area contributed by atoms with Crippen LogP contribution in [0.4, 0.5) is 4.79 Å². The van der Waals surface area contributed by atoms with Crippen LogP contribution < -0.4 is 5.32 Å². The summed E-state index contributed by atoms with van der Waals surface area (Å²) in [5.41, 5.74) is 4.54. The van der Waals surface area contributed by atoms with E-state index in [1.165, 1.54) is 5.56 Å². The molecule has 0 bridgehead atoms. The number of fused-ring (bicyclic) bond motifs is 1. The minimum absolute atomic E-state index is 0.00640. The fourth-order valence-corrected chi connectivity index (χ4v) is 3.76. The van der Waals surface area contributed by atoms with Crippen molar-refractivity contribution in [2.24, 2.45) is 0 Å². The maximum atomic E-state index is 12.7. The third-order valence-corrected chi connectivity index (χ3v) is 5.09. The standard InChI is InChI=1S/C19H24N4O2/c24-19(20-10-8-14-5-2-1-3-6-14)23-11-4-7-17(23)18-15-13-25-12-9-16(15)21-22-18/h1-3,5-6,17H,4,7-13H2,(H,20,24)(H,21,22). The number of benzene rings is 1. The van der Waals surface area contributed by atoms with Crippen LogP contribution >= 0.6 is 0 Å². The molecule has 25 heavy (non-hydrogen) atoms. The molecule has 1 unspecified atom stereocenters. The number of likely N-dealkylation sites (tertiary alicyclic amines) is 1. The van der Waals surface area contributed by atoms with Crippen molar-refractivity contribution in [2.75, 3.05) is 19.7 Å². The van der Waals surface area contributed by atoms with Gasteiger partial charge in [-0.1, -0.05) is 30.3 Å². The number of carbonyl (C=O) groups is 1. The van der Waals surface area contributed by atoms with Crippen LogP contribution in [-0.2, 0) is 24.2 Å². The van der Waals surface area contributed by atoms with Gasteiger partial charge in [0.05, 0.1) is 24.9 Å². The second-order valence-electron chi connectivity index (χ2n) is 6.69. The summed E-state index contributed by atoms with van der Waals surface area (Å²) in [6.07, 6.45) is 3.69. The van der Waals surface area contributed by atoms with E-state index in [1.54, 1.807) is 0 Å². The lowest BCUT2D eigenvalue weighted by atomic mass is 10.0. The van der Waals surface area contributed by atoms with E-state index in [1.807, 2.05) is 23.1 Å². The molecule has 3 heterocycles. The summed E-state index contributed by atoms with van der Waals surface area (Å²) in [5.74, 6) is 0. The van der Waals surface area contributed by atoms with E-state index >= 15 is 0 Å². The van der Waals surface area contributed by atoms with Gasteiger partial charge in [-0.15, -0.1) is 0 Å². The van der Waals surface area contributed by atoms with Crippen molar-refractivity contribution in [3.8, 4) is 0 Å². The number of aromatic nitrogens is 2. The van der Waals surface area contributed by atoms with Gasteiger partial charge in [-0.25, -0.2) is 4.79 Å². The van der Waals surface area contributed by atoms with Gasteiger partial charge in [0.15, 0.2) is 0 Å². The van der Waals surface area contributed by atoms with Gasteiger partial charge in [-0.3, -0.25) is 5.10 Å². The van der Waals surface area contributed by atoms with Crippen molar-refractivity contribution >= 4 is 6.03 Å². The number of H-pyrrole nitrogens is 1. The Balaban J connectivity index is 1.39. The lowest BCUT2D eigenvalue weighted by molar-refractivity contribution is 0.108. The first-order chi connectivity index (χ1) is 12.3. The van der Waals surface area contributed by atoms with E-state index in [-0.39, 0.29) is 12.1 Å². The topological polar surface area (TPSA) is 70.2 Å². The van der Waals surface area contributed by atoms with E-state index in [9.17, 15) is 4.79 Å². The molecule has 2 aromatic rings. The van der Waals surface area contributed by atoms with Gasteiger partial charge >= 0.3 is 6.03 Å². The Morgan fingerprint density at radius 2 is 2.24 bits per heavy atom. The van der Waals surface area contributed by atoms with E-state index in [2.05, 4.69) is 27.6 Å². The van der Waals surface area contributed by atoms with Gasteiger partial charge in [-0.2, -0.15) is 5.10 Å². The van der Waals surface area contributed by atoms with Crippen molar-refractivity contribution < 1.29 is 9.53 Å². The van der Waals surface area contributed by atoms with Crippen LogP contribution in [0.15, 0.2) is 30.3 Å². The first-order valence-corrected chi connectivity index (χ1v) is 9.05.